The molecule has 1 aliphatic rings. The van der Waals surface area contributed by atoms with E-state index in [1.807, 2.05) is 42.5 Å². The number of thiazole rings is 1. The maximum atomic E-state index is 13.4. The number of aromatic nitrogens is 6. The number of fused-ring (bicyclic) bond motifs is 1. The largest absolute Gasteiger partial charge is 0.364 e. The standard InChI is InChI=1S/C21H23N9O2S/c1-12-11-33-17(23-12)10-15(31)21(2)6-4-7-29(21)20-25-19(14-5-3-8-30(14)28-20)24-16-9-13(18(22)32)26-27-16/h3,5,8-9,11H,4,6-7,10H2,1-2H3,(H2,22,32)(H2,24,25,26,27,28)/t21-/m0/s1. The maximum absolute atomic E-state index is 13.4. The lowest BCUT2D eigenvalue weighted by atomic mass is 9.91. The fraction of sp³-hybridized carbons (Fsp3) is 0.333. The van der Waals surface area contributed by atoms with Crippen LogP contribution in [0.2, 0.25) is 0 Å². The van der Waals surface area contributed by atoms with Gasteiger partial charge in [0.1, 0.15) is 16.2 Å². The van der Waals surface area contributed by atoms with Gasteiger partial charge >= 0.3 is 0 Å². The summed E-state index contributed by atoms with van der Waals surface area (Å²) in [6, 6.07) is 5.24. The number of carbonyl (C=O) groups excluding carboxylic acids is 2. The highest BCUT2D eigenvalue weighted by Crippen LogP contribution is 2.35. The SMILES string of the molecule is Cc1csc(CC(=O)[C@]2(C)CCCN2c2nc(Nc3cc(C(N)=O)[nH]n3)c3cccn3n2)n1. The van der Waals surface area contributed by atoms with Crippen molar-refractivity contribution < 1.29 is 9.59 Å². The van der Waals surface area contributed by atoms with Gasteiger partial charge < -0.3 is 16.0 Å². The van der Waals surface area contributed by atoms with Crippen LogP contribution < -0.4 is 16.0 Å². The van der Waals surface area contributed by atoms with Crippen LogP contribution in [0.4, 0.5) is 17.6 Å². The molecule has 0 bridgehead atoms. The molecule has 4 aromatic heterocycles. The quantitative estimate of drug-likeness (QED) is 0.376. The number of primary amides is 1. The van der Waals surface area contributed by atoms with Crippen molar-refractivity contribution >= 4 is 46.1 Å². The first-order valence-corrected chi connectivity index (χ1v) is 11.4. The lowest BCUT2D eigenvalue weighted by Crippen LogP contribution is -2.49. The topological polar surface area (TPSA) is 147 Å². The number of anilines is 3. The van der Waals surface area contributed by atoms with Gasteiger partial charge in [-0.05, 0) is 38.8 Å². The van der Waals surface area contributed by atoms with E-state index in [0.717, 1.165) is 22.6 Å². The number of nitrogens with zero attached hydrogens (tertiary/aromatic N) is 6. The number of carbonyl (C=O) groups is 2. The van der Waals surface area contributed by atoms with Gasteiger partial charge in [-0.1, -0.05) is 0 Å². The van der Waals surface area contributed by atoms with E-state index in [1.54, 1.807) is 4.52 Å². The molecular weight excluding hydrogens is 442 g/mol. The van der Waals surface area contributed by atoms with Crippen LogP contribution in [0.1, 0.15) is 41.0 Å². The summed E-state index contributed by atoms with van der Waals surface area (Å²) in [6.45, 7) is 4.54. The Bertz CT molecular complexity index is 1360. The molecule has 170 valence electrons. The number of hydrogen-bond donors (Lipinski definition) is 3. The summed E-state index contributed by atoms with van der Waals surface area (Å²) >= 11 is 1.50. The van der Waals surface area contributed by atoms with Gasteiger partial charge in [-0.2, -0.15) is 10.1 Å². The summed E-state index contributed by atoms with van der Waals surface area (Å²) in [5, 5.41) is 17.2. The number of nitrogens with one attached hydrogen (secondary N) is 2. The molecule has 0 aliphatic carbocycles. The molecular formula is C21H23N9O2S. The van der Waals surface area contributed by atoms with Crippen LogP contribution in [0.15, 0.2) is 29.8 Å². The van der Waals surface area contributed by atoms with Crippen molar-refractivity contribution in [3.05, 3.63) is 46.2 Å². The molecule has 1 fully saturated rings. The predicted molar refractivity (Wildman–Crippen MR) is 124 cm³/mol. The zero-order valence-electron chi connectivity index (χ0n) is 18.2. The number of aryl methyl sites for hydroxylation is 1. The van der Waals surface area contributed by atoms with Crippen molar-refractivity contribution in [2.24, 2.45) is 5.73 Å². The third-order valence-electron chi connectivity index (χ3n) is 5.93. The van der Waals surface area contributed by atoms with Gasteiger partial charge in [-0.15, -0.1) is 16.4 Å². The minimum Gasteiger partial charge on any atom is -0.364 e. The van der Waals surface area contributed by atoms with E-state index in [2.05, 4.69) is 25.6 Å². The Morgan fingerprint density at radius 2 is 2.21 bits per heavy atom. The maximum Gasteiger partial charge on any atom is 0.266 e. The molecule has 0 saturated carbocycles. The van der Waals surface area contributed by atoms with E-state index in [1.165, 1.54) is 17.4 Å². The molecule has 5 rings (SSSR count). The highest BCUT2D eigenvalue weighted by molar-refractivity contribution is 7.09. The molecule has 1 saturated heterocycles. The number of rotatable bonds is 7. The molecule has 0 radical (unpaired) electrons. The molecule has 33 heavy (non-hydrogen) atoms. The molecule has 0 unspecified atom stereocenters. The van der Waals surface area contributed by atoms with Crippen LogP contribution in [0, 0.1) is 6.92 Å². The van der Waals surface area contributed by atoms with Crippen LogP contribution in [0.25, 0.3) is 5.52 Å². The fourth-order valence-electron chi connectivity index (χ4n) is 4.15. The van der Waals surface area contributed by atoms with E-state index in [4.69, 9.17) is 10.7 Å². The number of Topliss-reactive ketones (excluding diaryl/α,β-unsaturated/α-hetero) is 1. The molecule has 0 aromatic carbocycles. The Morgan fingerprint density at radius 1 is 1.36 bits per heavy atom. The molecule has 4 N–H and O–H groups in total. The highest BCUT2D eigenvalue weighted by atomic mass is 32.1. The average Bonchev–Trinajstić information content (AvgIpc) is 3.55. The molecule has 1 atom stereocenters. The van der Waals surface area contributed by atoms with E-state index in [-0.39, 0.29) is 17.9 Å². The lowest BCUT2D eigenvalue weighted by Gasteiger charge is -2.33. The normalized spacial score (nSPS) is 18.2. The molecule has 5 heterocycles. The monoisotopic (exact) mass is 465 g/mol. The van der Waals surface area contributed by atoms with Crippen molar-refractivity contribution in [1.82, 2.24) is 29.8 Å². The highest BCUT2D eigenvalue weighted by Gasteiger charge is 2.44. The molecule has 0 spiro atoms. The molecule has 4 aromatic rings. The minimum atomic E-state index is -0.733. The van der Waals surface area contributed by atoms with Crippen molar-refractivity contribution in [2.75, 3.05) is 16.8 Å². The Labute approximate surface area is 193 Å². The molecule has 1 aliphatic heterocycles. The van der Waals surface area contributed by atoms with E-state index in [9.17, 15) is 9.59 Å². The van der Waals surface area contributed by atoms with Crippen LogP contribution in [-0.4, -0.2) is 53.6 Å². The summed E-state index contributed by atoms with van der Waals surface area (Å²) < 4.78 is 1.71. The van der Waals surface area contributed by atoms with Crippen molar-refractivity contribution in [3.8, 4) is 0 Å². The van der Waals surface area contributed by atoms with Gasteiger partial charge in [0.2, 0.25) is 5.95 Å². The summed E-state index contributed by atoms with van der Waals surface area (Å²) in [4.78, 5) is 35.9. The third kappa shape index (κ3) is 3.82. The second-order valence-electron chi connectivity index (χ2n) is 8.27. The predicted octanol–water partition coefficient (Wildman–Crippen LogP) is 2.23. The van der Waals surface area contributed by atoms with Gasteiger partial charge in [0.05, 0.1) is 12.0 Å². The third-order valence-corrected chi connectivity index (χ3v) is 6.90. The first-order valence-electron chi connectivity index (χ1n) is 10.5. The number of H-pyrrole nitrogens is 1. The molecule has 1 amide bonds. The van der Waals surface area contributed by atoms with E-state index in [0.29, 0.717) is 30.5 Å². The number of hydrogen-bond acceptors (Lipinski definition) is 9. The van der Waals surface area contributed by atoms with Gasteiger partial charge in [0.25, 0.3) is 5.91 Å². The smallest absolute Gasteiger partial charge is 0.266 e. The minimum absolute atomic E-state index is 0.0958. The number of amides is 1. The second kappa shape index (κ2) is 7.96. The first kappa shape index (κ1) is 21.1. The fourth-order valence-corrected chi connectivity index (χ4v) is 4.92. The Morgan fingerprint density at radius 3 is 2.94 bits per heavy atom. The summed E-state index contributed by atoms with van der Waals surface area (Å²) in [6.07, 6.45) is 3.67. The van der Waals surface area contributed by atoms with Gasteiger partial charge in [-0.25, -0.2) is 9.50 Å². The number of aromatic amines is 1. The van der Waals surface area contributed by atoms with Gasteiger partial charge in [-0.3, -0.25) is 14.7 Å². The molecule has 12 heteroatoms. The van der Waals surface area contributed by atoms with Crippen LogP contribution >= 0.6 is 11.3 Å². The number of ketones is 1. The Balaban J connectivity index is 1.48. The van der Waals surface area contributed by atoms with Crippen molar-refractivity contribution in [2.45, 2.75) is 38.6 Å². The van der Waals surface area contributed by atoms with Gasteiger partial charge in [0.15, 0.2) is 17.4 Å². The van der Waals surface area contributed by atoms with Crippen LogP contribution in [0.5, 0.6) is 0 Å². The van der Waals surface area contributed by atoms with Gasteiger partial charge in [0, 0.05) is 29.9 Å². The lowest BCUT2D eigenvalue weighted by molar-refractivity contribution is -0.122. The van der Waals surface area contributed by atoms with Crippen LogP contribution in [0.3, 0.4) is 0 Å². The summed E-state index contributed by atoms with van der Waals surface area (Å²) in [5.74, 6) is 0.836. The first-order chi connectivity index (χ1) is 15.8. The Kier molecular flexibility index (Phi) is 5.08. The van der Waals surface area contributed by atoms with Crippen molar-refractivity contribution in [3.63, 3.8) is 0 Å². The summed E-state index contributed by atoms with van der Waals surface area (Å²) in [5.41, 5.74) is 6.41. The zero-order valence-corrected chi connectivity index (χ0v) is 19.0. The summed E-state index contributed by atoms with van der Waals surface area (Å²) in [7, 11) is 0. The van der Waals surface area contributed by atoms with E-state index >= 15 is 0 Å². The molecule has 11 nitrogen and oxygen atoms in total. The zero-order chi connectivity index (χ0) is 23.2. The second-order valence-corrected chi connectivity index (χ2v) is 9.21. The van der Waals surface area contributed by atoms with Crippen molar-refractivity contribution in [1.29, 1.82) is 0 Å². The van der Waals surface area contributed by atoms with Crippen LogP contribution in [-0.2, 0) is 11.2 Å². The number of nitrogens with two attached hydrogens (primary N) is 1. The average molecular weight is 466 g/mol. The Hall–Kier alpha value is -3.80. The van der Waals surface area contributed by atoms with E-state index < -0.39 is 11.4 Å².